The Morgan fingerprint density at radius 1 is 1.36 bits per heavy atom. The summed E-state index contributed by atoms with van der Waals surface area (Å²) in [5.41, 5.74) is 6.04. The van der Waals surface area contributed by atoms with Crippen LogP contribution in [-0.4, -0.2) is 18.8 Å². The molecule has 3 atom stereocenters. The van der Waals surface area contributed by atoms with Crippen LogP contribution in [0.4, 0.5) is 0 Å². The van der Waals surface area contributed by atoms with E-state index in [4.69, 9.17) is 10.5 Å². The third kappa shape index (κ3) is 2.96. The minimum Gasteiger partial charge on any atom is -0.379 e. The quantitative estimate of drug-likeness (QED) is 0.755. The highest BCUT2D eigenvalue weighted by molar-refractivity contribution is 4.85. The summed E-state index contributed by atoms with van der Waals surface area (Å²) in [6, 6.07) is 0.436. The fraction of sp³-hybridized carbons (Fsp3) is 1.00. The van der Waals surface area contributed by atoms with Gasteiger partial charge in [0.05, 0.1) is 5.60 Å². The first kappa shape index (κ1) is 12.0. The van der Waals surface area contributed by atoms with Crippen molar-refractivity contribution >= 4 is 0 Å². The number of hydrogen-bond acceptors (Lipinski definition) is 2. The van der Waals surface area contributed by atoms with Crippen LogP contribution in [0.5, 0.6) is 0 Å². The highest BCUT2D eigenvalue weighted by Gasteiger charge is 2.31. The zero-order valence-corrected chi connectivity index (χ0v) is 10.0. The molecule has 1 aliphatic carbocycles. The maximum Gasteiger partial charge on any atom is 0.0622 e. The third-order valence-electron chi connectivity index (χ3n) is 3.96. The minimum atomic E-state index is 0.0341. The van der Waals surface area contributed by atoms with E-state index in [1.807, 2.05) is 0 Å². The molecule has 2 nitrogen and oxygen atoms in total. The number of methoxy groups -OCH3 is 1. The SMILES string of the molecule is COC(C)(C)CCC1CCC(N)C1C. The van der Waals surface area contributed by atoms with Crippen molar-refractivity contribution in [3.8, 4) is 0 Å². The monoisotopic (exact) mass is 199 g/mol. The molecule has 1 fully saturated rings. The molecule has 0 aliphatic heterocycles. The van der Waals surface area contributed by atoms with E-state index in [-0.39, 0.29) is 5.60 Å². The molecule has 1 rings (SSSR count). The van der Waals surface area contributed by atoms with E-state index in [1.54, 1.807) is 7.11 Å². The second-order valence-electron chi connectivity index (χ2n) is 5.36. The van der Waals surface area contributed by atoms with Gasteiger partial charge in [0.25, 0.3) is 0 Å². The second-order valence-corrected chi connectivity index (χ2v) is 5.36. The Morgan fingerprint density at radius 3 is 2.43 bits per heavy atom. The molecule has 0 amide bonds. The summed E-state index contributed by atoms with van der Waals surface area (Å²) in [5, 5.41) is 0. The molecule has 2 heteroatoms. The van der Waals surface area contributed by atoms with Gasteiger partial charge in [-0.3, -0.25) is 0 Å². The normalized spacial score (nSPS) is 33.6. The standard InChI is InChI=1S/C12H25NO/c1-9-10(5-6-11(9)13)7-8-12(2,3)14-4/h9-11H,5-8,13H2,1-4H3. The zero-order valence-electron chi connectivity index (χ0n) is 10.0. The maximum atomic E-state index is 6.01. The summed E-state index contributed by atoms with van der Waals surface area (Å²) in [5.74, 6) is 1.52. The molecule has 0 aromatic rings. The molecule has 0 aromatic carbocycles. The van der Waals surface area contributed by atoms with Gasteiger partial charge in [0, 0.05) is 13.2 Å². The van der Waals surface area contributed by atoms with Crippen molar-refractivity contribution < 1.29 is 4.74 Å². The highest BCUT2D eigenvalue weighted by atomic mass is 16.5. The molecule has 3 unspecified atom stereocenters. The lowest BCUT2D eigenvalue weighted by atomic mass is 9.88. The van der Waals surface area contributed by atoms with Crippen molar-refractivity contribution in [2.45, 2.75) is 58.1 Å². The first-order chi connectivity index (χ1) is 6.46. The lowest BCUT2D eigenvalue weighted by Gasteiger charge is -2.26. The van der Waals surface area contributed by atoms with E-state index < -0.39 is 0 Å². The van der Waals surface area contributed by atoms with Crippen molar-refractivity contribution in [2.75, 3.05) is 7.11 Å². The van der Waals surface area contributed by atoms with Gasteiger partial charge in [0.1, 0.15) is 0 Å². The summed E-state index contributed by atoms with van der Waals surface area (Å²) in [7, 11) is 1.80. The van der Waals surface area contributed by atoms with E-state index in [0.29, 0.717) is 12.0 Å². The van der Waals surface area contributed by atoms with Gasteiger partial charge in [-0.05, 0) is 51.4 Å². The van der Waals surface area contributed by atoms with E-state index in [1.165, 1.54) is 19.3 Å². The molecule has 0 heterocycles. The van der Waals surface area contributed by atoms with Crippen LogP contribution in [0.3, 0.4) is 0 Å². The smallest absolute Gasteiger partial charge is 0.0622 e. The van der Waals surface area contributed by atoms with Gasteiger partial charge in [-0.15, -0.1) is 0 Å². The summed E-state index contributed by atoms with van der Waals surface area (Å²) in [4.78, 5) is 0. The highest BCUT2D eigenvalue weighted by Crippen LogP contribution is 2.35. The molecule has 0 radical (unpaired) electrons. The molecule has 14 heavy (non-hydrogen) atoms. The predicted octanol–water partition coefficient (Wildman–Crippen LogP) is 2.57. The van der Waals surface area contributed by atoms with Crippen LogP contribution >= 0.6 is 0 Å². The Bertz CT molecular complexity index is 179. The van der Waals surface area contributed by atoms with Crippen molar-refractivity contribution in [1.82, 2.24) is 0 Å². The van der Waals surface area contributed by atoms with Crippen LogP contribution in [0, 0.1) is 11.8 Å². The minimum absolute atomic E-state index is 0.0341. The van der Waals surface area contributed by atoms with Crippen LogP contribution in [-0.2, 0) is 4.74 Å². The van der Waals surface area contributed by atoms with Crippen LogP contribution in [0.2, 0.25) is 0 Å². The van der Waals surface area contributed by atoms with Crippen LogP contribution < -0.4 is 5.73 Å². The molecule has 0 bridgehead atoms. The number of hydrogen-bond donors (Lipinski definition) is 1. The van der Waals surface area contributed by atoms with Crippen molar-refractivity contribution in [2.24, 2.45) is 17.6 Å². The van der Waals surface area contributed by atoms with Crippen LogP contribution in [0.25, 0.3) is 0 Å². The summed E-state index contributed by atoms with van der Waals surface area (Å²) >= 11 is 0. The van der Waals surface area contributed by atoms with E-state index >= 15 is 0 Å². The molecule has 0 spiro atoms. The lowest BCUT2D eigenvalue weighted by molar-refractivity contribution is 0.00921. The number of nitrogens with two attached hydrogens (primary N) is 1. The second kappa shape index (κ2) is 4.63. The van der Waals surface area contributed by atoms with Gasteiger partial charge in [0.15, 0.2) is 0 Å². The Balaban J connectivity index is 2.32. The Kier molecular flexibility index (Phi) is 3.96. The topological polar surface area (TPSA) is 35.2 Å². The lowest BCUT2D eigenvalue weighted by Crippen LogP contribution is -2.27. The van der Waals surface area contributed by atoms with Crippen LogP contribution in [0.15, 0.2) is 0 Å². The summed E-state index contributed by atoms with van der Waals surface area (Å²) < 4.78 is 5.43. The van der Waals surface area contributed by atoms with Gasteiger partial charge >= 0.3 is 0 Å². The molecule has 1 saturated carbocycles. The first-order valence-electron chi connectivity index (χ1n) is 5.77. The first-order valence-corrected chi connectivity index (χ1v) is 5.77. The molecular formula is C12H25NO. The summed E-state index contributed by atoms with van der Waals surface area (Å²) in [6.07, 6.45) is 4.92. The zero-order chi connectivity index (χ0) is 10.8. The van der Waals surface area contributed by atoms with Crippen molar-refractivity contribution in [1.29, 1.82) is 0 Å². The summed E-state index contributed by atoms with van der Waals surface area (Å²) in [6.45, 7) is 6.61. The maximum absolute atomic E-state index is 6.01. The average molecular weight is 199 g/mol. The molecule has 1 aliphatic rings. The van der Waals surface area contributed by atoms with Gasteiger partial charge in [-0.2, -0.15) is 0 Å². The van der Waals surface area contributed by atoms with Crippen molar-refractivity contribution in [3.05, 3.63) is 0 Å². The van der Waals surface area contributed by atoms with E-state index in [0.717, 1.165) is 12.3 Å². The Labute approximate surface area is 88.2 Å². The molecular weight excluding hydrogens is 174 g/mol. The average Bonchev–Trinajstić information content (AvgIpc) is 2.45. The predicted molar refractivity (Wildman–Crippen MR) is 60.2 cm³/mol. The van der Waals surface area contributed by atoms with E-state index in [9.17, 15) is 0 Å². The van der Waals surface area contributed by atoms with Gasteiger partial charge < -0.3 is 10.5 Å². The van der Waals surface area contributed by atoms with Gasteiger partial charge in [-0.25, -0.2) is 0 Å². The third-order valence-corrected chi connectivity index (χ3v) is 3.96. The molecule has 0 aromatic heterocycles. The molecule has 2 N–H and O–H groups in total. The number of rotatable bonds is 4. The van der Waals surface area contributed by atoms with Gasteiger partial charge in [0.2, 0.25) is 0 Å². The molecule has 0 saturated heterocycles. The number of ether oxygens (including phenoxy) is 1. The van der Waals surface area contributed by atoms with E-state index in [2.05, 4.69) is 20.8 Å². The van der Waals surface area contributed by atoms with Gasteiger partial charge in [-0.1, -0.05) is 6.92 Å². The fourth-order valence-corrected chi connectivity index (χ4v) is 2.32. The fourth-order valence-electron chi connectivity index (χ4n) is 2.32. The Hall–Kier alpha value is -0.0800. The van der Waals surface area contributed by atoms with Crippen molar-refractivity contribution in [3.63, 3.8) is 0 Å². The van der Waals surface area contributed by atoms with Crippen LogP contribution in [0.1, 0.15) is 46.5 Å². The largest absolute Gasteiger partial charge is 0.379 e. The molecule has 84 valence electrons. The Morgan fingerprint density at radius 2 is 2.00 bits per heavy atom.